The Hall–Kier alpha value is -1.63. The van der Waals surface area contributed by atoms with E-state index >= 15 is 0 Å². The molecule has 2 N–H and O–H groups in total. The summed E-state index contributed by atoms with van der Waals surface area (Å²) in [6.45, 7) is 0. The van der Waals surface area contributed by atoms with Gasteiger partial charge in [-0.15, -0.1) is 0 Å². The number of aliphatic hydroxyl groups excluding tert-OH is 1. The number of carboxylic acids is 1. The average molecular weight is 238 g/mol. The normalized spacial score (nSPS) is 13.6. The molecule has 7 heteroatoms. The zero-order chi connectivity index (χ0) is 12.5. The molecule has 1 unspecified atom stereocenters. The van der Waals surface area contributed by atoms with Gasteiger partial charge in [0.2, 0.25) is 0 Å². The van der Waals surface area contributed by atoms with Crippen molar-refractivity contribution >= 4 is 5.97 Å². The fourth-order valence-corrected chi connectivity index (χ4v) is 1.04. The van der Waals surface area contributed by atoms with E-state index in [4.69, 9.17) is 10.2 Å². The smallest absolute Gasteiger partial charge is 0.377 e. The Labute approximate surface area is 86.9 Å². The first-order chi connectivity index (χ1) is 7.26. The van der Waals surface area contributed by atoms with Crippen molar-refractivity contribution in [2.75, 3.05) is 0 Å². The fraction of sp³-hybridized carbons (Fsp3) is 0.222. The van der Waals surface area contributed by atoms with Gasteiger partial charge in [0.1, 0.15) is 11.6 Å². The first-order valence-corrected chi connectivity index (χ1v) is 4.01. The molecule has 0 bridgehead atoms. The number of hydrogen-bond acceptors (Lipinski definition) is 2. The molecule has 0 saturated heterocycles. The Kier molecular flexibility index (Phi) is 3.18. The molecule has 0 aliphatic rings. The Morgan fingerprint density at radius 3 is 2.31 bits per heavy atom. The third kappa shape index (κ3) is 2.13. The van der Waals surface area contributed by atoms with Crippen LogP contribution in [0.5, 0.6) is 0 Å². The maximum atomic E-state index is 13.0. The predicted octanol–water partition coefficient (Wildman–Crippen LogP) is 1.72. The van der Waals surface area contributed by atoms with Crippen molar-refractivity contribution < 1.29 is 32.6 Å². The number of alkyl halides is 2. The second kappa shape index (κ2) is 4.09. The highest BCUT2D eigenvalue weighted by molar-refractivity contribution is 5.76. The first kappa shape index (κ1) is 12.4. The Morgan fingerprint density at radius 2 is 1.88 bits per heavy atom. The number of carbonyl (C=O) groups is 1. The summed E-state index contributed by atoms with van der Waals surface area (Å²) in [6, 6.07) is 1.47. The molecule has 16 heavy (non-hydrogen) atoms. The molecule has 0 radical (unpaired) electrons. The van der Waals surface area contributed by atoms with Crippen molar-refractivity contribution in [3.63, 3.8) is 0 Å². The topological polar surface area (TPSA) is 57.5 Å². The van der Waals surface area contributed by atoms with Gasteiger partial charge in [-0.05, 0) is 6.07 Å². The Bertz CT molecular complexity index is 419. The zero-order valence-electron chi connectivity index (χ0n) is 7.62. The minimum atomic E-state index is -4.54. The zero-order valence-corrected chi connectivity index (χ0v) is 7.62. The molecule has 3 nitrogen and oxygen atoms in total. The van der Waals surface area contributed by atoms with Crippen molar-refractivity contribution in [3.05, 3.63) is 35.4 Å². The van der Waals surface area contributed by atoms with Gasteiger partial charge in [-0.2, -0.15) is 8.78 Å². The van der Waals surface area contributed by atoms with Crippen molar-refractivity contribution in [2.24, 2.45) is 0 Å². The van der Waals surface area contributed by atoms with Crippen LogP contribution in [0, 0.1) is 11.6 Å². The molecular formula is C9H6F4O3. The van der Waals surface area contributed by atoms with E-state index in [-0.39, 0.29) is 6.07 Å². The van der Waals surface area contributed by atoms with Crippen LogP contribution in [0.15, 0.2) is 18.2 Å². The van der Waals surface area contributed by atoms with Crippen molar-refractivity contribution in [1.29, 1.82) is 0 Å². The molecule has 0 spiro atoms. The molecule has 88 valence electrons. The van der Waals surface area contributed by atoms with Gasteiger partial charge in [-0.3, -0.25) is 0 Å². The number of benzene rings is 1. The summed E-state index contributed by atoms with van der Waals surface area (Å²) in [7, 11) is 0. The van der Waals surface area contributed by atoms with Crippen LogP contribution in [0.3, 0.4) is 0 Å². The van der Waals surface area contributed by atoms with Crippen LogP contribution >= 0.6 is 0 Å². The van der Waals surface area contributed by atoms with Crippen LogP contribution in [0.4, 0.5) is 17.6 Å². The lowest BCUT2D eigenvalue weighted by atomic mass is 10.0. The molecule has 0 saturated carbocycles. The summed E-state index contributed by atoms with van der Waals surface area (Å²) in [6.07, 6.45) is -2.87. The Balaban J connectivity index is 3.14. The molecular weight excluding hydrogens is 232 g/mol. The van der Waals surface area contributed by atoms with Crippen molar-refractivity contribution in [3.8, 4) is 0 Å². The van der Waals surface area contributed by atoms with E-state index in [0.29, 0.717) is 12.1 Å². The first-order valence-electron chi connectivity index (χ1n) is 4.01. The fourth-order valence-electron chi connectivity index (χ4n) is 1.04. The number of aliphatic carboxylic acids is 1. The summed E-state index contributed by atoms with van der Waals surface area (Å²) in [5, 5.41) is 17.1. The van der Waals surface area contributed by atoms with E-state index in [0.717, 1.165) is 0 Å². The number of hydrogen-bond donors (Lipinski definition) is 2. The predicted molar refractivity (Wildman–Crippen MR) is 43.9 cm³/mol. The molecule has 1 aromatic carbocycles. The molecule has 0 aliphatic heterocycles. The molecule has 1 atom stereocenters. The molecule has 0 amide bonds. The second-order valence-electron chi connectivity index (χ2n) is 3.00. The molecule has 0 heterocycles. The van der Waals surface area contributed by atoms with Gasteiger partial charge in [-0.1, -0.05) is 6.07 Å². The van der Waals surface area contributed by atoms with Crippen LogP contribution < -0.4 is 0 Å². The molecule has 0 aromatic heterocycles. The SMILES string of the molecule is O=C(O)C(F)(F)C(O)c1ccc(F)cc1F. The van der Waals surface area contributed by atoms with Crippen LogP contribution in [0.25, 0.3) is 0 Å². The summed E-state index contributed by atoms with van der Waals surface area (Å²) >= 11 is 0. The highest BCUT2D eigenvalue weighted by atomic mass is 19.3. The average Bonchev–Trinajstić information content (AvgIpc) is 2.16. The summed E-state index contributed by atoms with van der Waals surface area (Å²) in [5.41, 5.74) is -0.978. The monoisotopic (exact) mass is 238 g/mol. The molecule has 1 aromatic rings. The molecule has 0 aliphatic carbocycles. The highest BCUT2D eigenvalue weighted by Gasteiger charge is 2.48. The van der Waals surface area contributed by atoms with Crippen LogP contribution in [-0.2, 0) is 4.79 Å². The minimum absolute atomic E-state index is 0.274. The largest absolute Gasteiger partial charge is 0.477 e. The van der Waals surface area contributed by atoms with Gasteiger partial charge in [-0.25, -0.2) is 13.6 Å². The number of halogens is 4. The van der Waals surface area contributed by atoms with E-state index in [1.165, 1.54) is 0 Å². The summed E-state index contributed by atoms with van der Waals surface area (Å²) in [4.78, 5) is 10.1. The van der Waals surface area contributed by atoms with E-state index < -0.39 is 35.2 Å². The lowest BCUT2D eigenvalue weighted by Gasteiger charge is -2.18. The van der Waals surface area contributed by atoms with E-state index in [1.54, 1.807) is 0 Å². The van der Waals surface area contributed by atoms with E-state index in [9.17, 15) is 22.4 Å². The van der Waals surface area contributed by atoms with Crippen LogP contribution in [0.2, 0.25) is 0 Å². The summed E-state index contributed by atoms with van der Waals surface area (Å²) in [5.74, 6) is -9.59. The standard InChI is InChI=1S/C9H6F4O3/c10-4-1-2-5(6(11)3-4)7(14)9(12,13)8(15)16/h1-3,7,14H,(H,15,16). The van der Waals surface area contributed by atoms with Crippen LogP contribution in [-0.4, -0.2) is 22.1 Å². The van der Waals surface area contributed by atoms with Crippen molar-refractivity contribution in [1.82, 2.24) is 0 Å². The maximum absolute atomic E-state index is 13.0. The van der Waals surface area contributed by atoms with E-state index in [1.807, 2.05) is 0 Å². The Morgan fingerprint density at radius 1 is 1.31 bits per heavy atom. The van der Waals surface area contributed by atoms with Gasteiger partial charge >= 0.3 is 11.9 Å². The lowest BCUT2D eigenvalue weighted by molar-refractivity contribution is -0.183. The maximum Gasteiger partial charge on any atom is 0.377 e. The van der Waals surface area contributed by atoms with Gasteiger partial charge < -0.3 is 10.2 Å². The van der Waals surface area contributed by atoms with Crippen molar-refractivity contribution in [2.45, 2.75) is 12.0 Å². The van der Waals surface area contributed by atoms with Gasteiger partial charge in [0.25, 0.3) is 0 Å². The summed E-state index contributed by atoms with van der Waals surface area (Å²) < 4.78 is 51.0. The van der Waals surface area contributed by atoms with Gasteiger partial charge in [0.05, 0.1) is 0 Å². The highest BCUT2D eigenvalue weighted by Crippen LogP contribution is 2.32. The van der Waals surface area contributed by atoms with Gasteiger partial charge in [0, 0.05) is 11.6 Å². The number of aliphatic hydroxyl groups is 1. The quantitative estimate of drug-likeness (QED) is 0.788. The number of carboxylic acid groups (broad SMARTS) is 1. The van der Waals surface area contributed by atoms with E-state index in [2.05, 4.69) is 0 Å². The minimum Gasteiger partial charge on any atom is -0.477 e. The third-order valence-corrected chi connectivity index (χ3v) is 1.89. The van der Waals surface area contributed by atoms with Gasteiger partial charge in [0.15, 0.2) is 6.10 Å². The molecule has 1 rings (SSSR count). The third-order valence-electron chi connectivity index (χ3n) is 1.89. The number of rotatable bonds is 3. The van der Waals surface area contributed by atoms with Crippen LogP contribution in [0.1, 0.15) is 11.7 Å². The second-order valence-corrected chi connectivity index (χ2v) is 3.00. The lowest BCUT2D eigenvalue weighted by Crippen LogP contribution is -2.36. The molecule has 0 fully saturated rings.